The van der Waals surface area contributed by atoms with Gasteiger partial charge in [-0.15, -0.1) is 11.8 Å². The van der Waals surface area contributed by atoms with Crippen LogP contribution in [0.3, 0.4) is 0 Å². The van der Waals surface area contributed by atoms with E-state index in [2.05, 4.69) is 10.6 Å². The maximum absolute atomic E-state index is 12.6. The molecule has 0 bridgehead atoms. The minimum Gasteiger partial charge on any atom is -0.352 e. The van der Waals surface area contributed by atoms with Gasteiger partial charge in [0.2, 0.25) is 11.8 Å². The van der Waals surface area contributed by atoms with Crippen LogP contribution in [0, 0.1) is 5.92 Å². The molecular weight excluding hydrogens is 396 g/mol. The molecule has 1 atom stereocenters. The monoisotopic (exact) mass is 418 g/mol. The molecule has 0 fully saturated rings. The minimum atomic E-state index is -3.64. The largest absolute Gasteiger partial charge is 0.352 e. The van der Waals surface area contributed by atoms with Crippen molar-refractivity contribution < 1.29 is 18.0 Å². The van der Waals surface area contributed by atoms with Crippen molar-refractivity contribution in [2.45, 2.75) is 29.7 Å². The molecule has 148 valence electrons. The van der Waals surface area contributed by atoms with Crippen LogP contribution in [-0.4, -0.2) is 31.7 Å². The summed E-state index contributed by atoms with van der Waals surface area (Å²) < 4.78 is 25.3. The Balaban J connectivity index is 1.62. The van der Waals surface area contributed by atoms with Gasteiger partial charge in [-0.25, -0.2) is 8.42 Å². The van der Waals surface area contributed by atoms with Crippen molar-refractivity contribution in [3.05, 3.63) is 54.1 Å². The third-order valence-electron chi connectivity index (χ3n) is 4.43. The van der Waals surface area contributed by atoms with Gasteiger partial charge in [0.05, 0.1) is 16.3 Å². The number of fused-ring (bicyclic) bond motifs is 1. The number of sulfone groups is 1. The Bertz CT molecular complexity index is 975. The molecule has 1 aliphatic rings. The summed E-state index contributed by atoms with van der Waals surface area (Å²) in [6.07, 6.45) is -0.121. The first kappa shape index (κ1) is 20.4. The molecule has 3 rings (SSSR count). The molecule has 2 aromatic rings. The zero-order valence-electron chi connectivity index (χ0n) is 15.5. The van der Waals surface area contributed by atoms with Crippen LogP contribution < -0.4 is 10.6 Å². The van der Waals surface area contributed by atoms with Gasteiger partial charge in [-0.2, -0.15) is 0 Å². The standard InChI is InChI=1S/C20H22N2O4S2/c1-14-13-27-18-8-7-16(11-17(18)22-20(14)24)28(25,26)10-9-19(23)21-12-15-5-3-2-4-6-15/h2-8,11,14H,9-10,12-13H2,1H3,(H,21,23)(H,22,24)/t14-/m1/s1. The van der Waals surface area contributed by atoms with Crippen molar-refractivity contribution in [3.63, 3.8) is 0 Å². The number of thioether (sulfide) groups is 1. The van der Waals surface area contributed by atoms with Crippen LogP contribution >= 0.6 is 11.8 Å². The quantitative estimate of drug-likeness (QED) is 0.753. The van der Waals surface area contributed by atoms with E-state index in [1.54, 1.807) is 6.07 Å². The number of benzene rings is 2. The fraction of sp³-hybridized carbons (Fsp3) is 0.300. The zero-order valence-corrected chi connectivity index (χ0v) is 17.1. The maximum atomic E-state index is 12.6. The van der Waals surface area contributed by atoms with Crippen molar-refractivity contribution in [1.29, 1.82) is 0 Å². The lowest BCUT2D eigenvalue weighted by Gasteiger charge is -2.10. The van der Waals surface area contributed by atoms with E-state index in [9.17, 15) is 18.0 Å². The highest BCUT2D eigenvalue weighted by Gasteiger charge is 2.23. The van der Waals surface area contributed by atoms with Crippen molar-refractivity contribution in [3.8, 4) is 0 Å². The van der Waals surface area contributed by atoms with E-state index >= 15 is 0 Å². The summed E-state index contributed by atoms with van der Waals surface area (Å²) >= 11 is 1.52. The predicted octanol–water partition coefficient (Wildman–Crippen LogP) is 2.85. The van der Waals surface area contributed by atoms with Crippen molar-refractivity contribution in [1.82, 2.24) is 5.32 Å². The molecule has 1 aliphatic heterocycles. The smallest absolute Gasteiger partial charge is 0.228 e. The van der Waals surface area contributed by atoms with Crippen molar-refractivity contribution >= 4 is 39.1 Å². The number of anilines is 1. The summed E-state index contributed by atoms with van der Waals surface area (Å²) in [5.41, 5.74) is 1.46. The lowest BCUT2D eigenvalue weighted by Crippen LogP contribution is -2.25. The molecule has 6 nitrogen and oxygen atoms in total. The van der Waals surface area contributed by atoms with Crippen molar-refractivity contribution in [2.75, 3.05) is 16.8 Å². The summed E-state index contributed by atoms with van der Waals surface area (Å²) in [5.74, 6) is -0.233. The predicted molar refractivity (Wildman–Crippen MR) is 110 cm³/mol. The molecule has 2 N–H and O–H groups in total. The number of rotatable bonds is 6. The minimum absolute atomic E-state index is 0.109. The van der Waals surface area contributed by atoms with Gasteiger partial charge in [0.15, 0.2) is 9.84 Å². The summed E-state index contributed by atoms with van der Waals surface area (Å²) in [5, 5.41) is 5.51. The highest BCUT2D eigenvalue weighted by molar-refractivity contribution is 7.99. The molecule has 2 amide bonds. The summed E-state index contributed by atoms with van der Waals surface area (Å²) in [6, 6.07) is 14.1. The Labute approximate surface area is 169 Å². The molecule has 0 saturated carbocycles. The van der Waals surface area contributed by atoms with Crippen LogP contribution in [0.4, 0.5) is 5.69 Å². The Kier molecular flexibility index (Phi) is 6.41. The highest BCUT2D eigenvalue weighted by atomic mass is 32.2. The van der Waals surface area contributed by atoms with Crippen LogP contribution in [0.2, 0.25) is 0 Å². The van der Waals surface area contributed by atoms with E-state index in [0.717, 1.165) is 10.5 Å². The lowest BCUT2D eigenvalue weighted by atomic mass is 10.2. The van der Waals surface area contributed by atoms with Gasteiger partial charge < -0.3 is 10.6 Å². The molecular formula is C20H22N2O4S2. The maximum Gasteiger partial charge on any atom is 0.228 e. The van der Waals surface area contributed by atoms with E-state index < -0.39 is 9.84 Å². The topological polar surface area (TPSA) is 92.3 Å². The zero-order chi connectivity index (χ0) is 20.1. The number of hydrogen-bond acceptors (Lipinski definition) is 5. The molecule has 8 heteroatoms. The van der Waals surface area contributed by atoms with Crippen molar-refractivity contribution in [2.24, 2.45) is 5.92 Å². The number of hydrogen-bond donors (Lipinski definition) is 2. The molecule has 0 aromatic heterocycles. The molecule has 28 heavy (non-hydrogen) atoms. The fourth-order valence-corrected chi connectivity index (χ4v) is 4.98. The van der Waals surface area contributed by atoms with Gasteiger partial charge in [0, 0.05) is 29.5 Å². The molecule has 0 radical (unpaired) electrons. The first-order valence-corrected chi connectivity index (χ1v) is 11.6. The summed E-state index contributed by atoms with van der Waals surface area (Å²) in [4.78, 5) is 25.0. The van der Waals surface area contributed by atoms with Gasteiger partial charge >= 0.3 is 0 Å². The van der Waals surface area contributed by atoms with Crippen LogP contribution in [0.25, 0.3) is 0 Å². The second-order valence-electron chi connectivity index (χ2n) is 6.69. The molecule has 1 heterocycles. The van der Waals surface area contributed by atoms with E-state index in [-0.39, 0.29) is 34.8 Å². The van der Waals surface area contributed by atoms with Crippen LogP contribution in [0.15, 0.2) is 58.3 Å². The van der Waals surface area contributed by atoms with Crippen LogP contribution in [-0.2, 0) is 26.0 Å². The normalized spacial score (nSPS) is 16.6. The fourth-order valence-electron chi connectivity index (χ4n) is 2.70. The Morgan fingerprint density at radius 1 is 1.21 bits per heavy atom. The van der Waals surface area contributed by atoms with E-state index in [4.69, 9.17) is 0 Å². The van der Waals surface area contributed by atoms with Gasteiger partial charge in [0.25, 0.3) is 0 Å². The van der Waals surface area contributed by atoms with E-state index in [1.165, 1.54) is 23.9 Å². The van der Waals surface area contributed by atoms with E-state index in [0.29, 0.717) is 18.0 Å². The number of carbonyl (C=O) groups excluding carboxylic acids is 2. The molecule has 0 unspecified atom stereocenters. The Hall–Kier alpha value is -2.32. The summed E-state index contributed by atoms with van der Waals surface area (Å²) in [6.45, 7) is 2.19. The van der Waals surface area contributed by atoms with Gasteiger partial charge in [-0.05, 0) is 23.8 Å². The van der Waals surface area contributed by atoms with Crippen LogP contribution in [0.5, 0.6) is 0 Å². The SMILES string of the molecule is C[C@@H]1CSc2ccc(S(=O)(=O)CCC(=O)NCc3ccccc3)cc2NC1=O. The van der Waals surface area contributed by atoms with Gasteiger partial charge in [-0.3, -0.25) is 9.59 Å². The number of nitrogens with one attached hydrogen (secondary N) is 2. The molecule has 0 saturated heterocycles. The molecule has 0 spiro atoms. The third kappa shape index (κ3) is 5.14. The lowest BCUT2D eigenvalue weighted by molar-refractivity contribution is -0.121. The number of carbonyl (C=O) groups is 2. The summed E-state index contributed by atoms with van der Waals surface area (Å²) in [7, 11) is -3.64. The first-order chi connectivity index (χ1) is 13.3. The second kappa shape index (κ2) is 8.79. The van der Waals surface area contributed by atoms with Gasteiger partial charge in [-0.1, -0.05) is 37.3 Å². The van der Waals surface area contributed by atoms with Crippen LogP contribution in [0.1, 0.15) is 18.9 Å². The Morgan fingerprint density at radius 2 is 1.96 bits per heavy atom. The first-order valence-electron chi connectivity index (χ1n) is 8.96. The second-order valence-corrected chi connectivity index (χ2v) is 9.86. The van der Waals surface area contributed by atoms with E-state index in [1.807, 2.05) is 37.3 Å². The molecule has 0 aliphatic carbocycles. The third-order valence-corrected chi connectivity index (χ3v) is 7.48. The number of amides is 2. The Morgan fingerprint density at radius 3 is 2.71 bits per heavy atom. The average molecular weight is 419 g/mol. The highest BCUT2D eigenvalue weighted by Crippen LogP contribution is 2.34. The molecule has 2 aromatic carbocycles. The van der Waals surface area contributed by atoms with Gasteiger partial charge in [0.1, 0.15) is 0 Å². The average Bonchev–Trinajstić information content (AvgIpc) is 2.83.